The SMILES string of the molecule is CC(C)CN1C(=O)c2ccc(C(C)(C)C)cc2C1C#N. The number of benzene rings is 1. The molecule has 0 radical (unpaired) electrons. The molecule has 0 spiro atoms. The van der Waals surface area contributed by atoms with Gasteiger partial charge < -0.3 is 4.90 Å². The maximum atomic E-state index is 12.4. The lowest BCUT2D eigenvalue weighted by Crippen LogP contribution is -2.31. The van der Waals surface area contributed by atoms with Crippen molar-refractivity contribution >= 4 is 5.91 Å². The van der Waals surface area contributed by atoms with Gasteiger partial charge in [0.25, 0.3) is 5.91 Å². The second-order valence-corrected chi connectivity index (χ2v) is 6.94. The van der Waals surface area contributed by atoms with Gasteiger partial charge in [-0.2, -0.15) is 5.26 Å². The quantitative estimate of drug-likeness (QED) is 0.823. The van der Waals surface area contributed by atoms with E-state index in [1.165, 1.54) is 0 Å². The summed E-state index contributed by atoms with van der Waals surface area (Å²) in [4.78, 5) is 14.1. The van der Waals surface area contributed by atoms with Gasteiger partial charge >= 0.3 is 0 Å². The first kappa shape index (κ1) is 14.6. The van der Waals surface area contributed by atoms with E-state index in [0.717, 1.165) is 11.1 Å². The van der Waals surface area contributed by atoms with Crippen LogP contribution in [0.5, 0.6) is 0 Å². The zero-order valence-electron chi connectivity index (χ0n) is 12.9. The van der Waals surface area contributed by atoms with Crippen molar-refractivity contribution in [1.29, 1.82) is 5.26 Å². The van der Waals surface area contributed by atoms with E-state index in [1.807, 2.05) is 18.2 Å². The molecule has 1 atom stereocenters. The number of rotatable bonds is 2. The molecule has 0 aliphatic carbocycles. The van der Waals surface area contributed by atoms with E-state index in [4.69, 9.17) is 0 Å². The molecule has 0 fully saturated rings. The van der Waals surface area contributed by atoms with Crippen LogP contribution in [-0.2, 0) is 5.41 Å². The third kappa shape index (κ3) is 2.43. The van der Waals surface area contributed by atoms with Gasteiger partial charge in [-0.3, -0.25) is 4.79 Å². The first-order chi connectivity index (χ1) is 9.25. The smallest absolute Gasteiger partial charge is 0.255 e. The van der Waals surface area contributed by atoms with Crippen LogP contribution in [0.2, 0.25) is 0 Å². The molecule has 1 unspecified atom stereocenters. The zero-order chi connectivity index (χ0) is 15.1. The van der Waals surface area contributed by atoms with Gasteiger partial charge in [-0.05, 0) is 23.0 Å². The summed E-state index contributed by atoms with van der Waals surface area (Å²) in [7, 11) is 0. The average molecular weight is 270 g/mol. The van der Waals surface area contributed by atoms with Crippen LogP contribution in [-0.4, -0.2) is 17.4 Å². The Hall–Kier alpha value is -1.82. The molecule has 1 aromatic carbocycles. The van der Waals surface area contributed by atoms with Crippen molar-refractivity contribution in [2.75, 3.05) is 6.54 Å². The molecule has 1 aromatic rings. The van der Waals surface area contributed by atoms with Crippen LogP contribution in [0.15, 0.2) is 18.2 Å². The van der Waals surface area contributed by atoms with Gasteiger partial charge in [0.1, 0.15) is 6.04 Å². The molecule has 1 amide bonds. The number of hydrogen-bond acceptors (Lipinski definition) is 2. The van der Waals surface area contributed by atoms with Crippen LogP contribution in [0.1, 0.15) is 62.1 Å². The molecule has 0 saturated heterocycles. The summed E-state index contributed by atoms with van der Waals surface area (Å²) < 4.78 is 0. The Morgan fingerprint density at radius 2 is 2.00 bits per heavy atom. The highest BCUT2D eigenvalue weighted by Crippen LogP contribution is 2.36. The lowest BCUT2D eigenvalue weighted by Gasteiger charge is -2.22. The Labute approximate surface area is 121 Å². The Morgan fingerprint density at radius 1 is 1.35 bits per heavy atom. The Morgan fingerprint density at radius 3 is 2.50 bits per heavy atom. The molecule has 0 bridgehead atoms. The van der Waals surface area contributed by atoms with Crippen LogP contribution >= 0.6 is 0 Å². The maximum Gasteiger partial charge on any atom is 0.255 e. The van der Waals surface area contributed by atoms with Crippen molar-refractivity contribution in [1.82, 2.24) is 4.90 Å². The largest absolute Gasteiger partial charge is 0.318 e. The number of fused-ring (bicyclic) bond motifs is 1. The molecule has 3 nitrogen and oxygen atoms in total. The molecule has 3 heteroatoms. The molecule has 1 aliphatic rings. The van der Waals surface area contributed by atoms with E-state index in [0.29, 0.717) is 18.0 Å². The van der Waals surface area contributed by atoms with Crippen LogP contribution < -0.4 is 0 Å². The topological polar surface area (TPSA) is 44.1 Å². The summed E-state index contributed by atoms with van der Waals surface area (Å²) in [5.41, 5.74) is 2.73. The fourth-order valence-electron chi connectivity index (χ4n) is 2.61. The first-order valence-corrected chi connectivity index (χ1v) is 7.10. The van der Waals surface area contributed by atoms with E-state index in [9.17, 15) is 10.1 Å². The van der Waals surface area contributed by atoms with Gasteiger partial charge in [-0.1, -0.05) is 46.8 Å². The molecular formula is C17H22N2O. The lowest BCUT2D eigenvalue weighted by molar-refractivity contribution is 0.0737. The van der Waals surface area contributed by atoms with Gasteiger partial charge in [-0.25, -0.2) is 0 Å². The second-order valence-electron chi connectivity index (χ2n) is 6.94. The fourth-order valence-corrected chi connectivity index (χ4v) is 2.61. The number of nitrogens with zero attached hydrogens (tertiary/aromatic N) is 2. The predicted octanol–water partition coefficient (Wildman–Crippen LogP) is 3.66. The number of amides is 1. The van der Waals surface area contributed by atoms with Crippen molar-refractivity contribution in [2.24, 2.45) is 5.92 Å². The Kier molecular flexibility index (Phi) is 3.60. The molecule has 0 saturated carbocycles. The van der Waals surface area contributed by atoms with Crippen molar-refractivity contribution in [3.8, 4) is 6.07 Å². The van der Waals surface area contributed by atoms with E-state index < -0.39 is 6.04 Å². The first-order valence-electron chi connectivity index (χ1n) is 7.10. The van der Waals surface area contributed by atoms with Crippen molar-refractivity contribution in [3.05, 3.63) is 34.9 Å². The summed E-state index contributed by atoms with van der Waals surface area (Å²) in [6, 6.07) is 7.76. The van der Waals surface area contributed by atoms with Crippen molar-refractivity contribution < 1.29 is 4.79 Å². The summed E-state index contributed by atoms with van der Waals surface area (Å²) in [5, 5.41) is 9.46. The van der Waals surface area contributed by atoms with E-state index in [2.05, 4.69) is 40.7 Å². The second kappa shape index (κ2) is 4.94. The average Bonchev–Trinajstić information content (AvgIpc) is 2.60. The van der Waals surface area contributed by atoms with E-state index in [1.54, 1.807) is 4.90 Å². The highest BCUT2D eigenvalue weighted by molar-refractivity contribution is 5.99. The number of hydrogen-bond donors (Lipinski definition) is 0. The molecule has 0 aromatic heterocycles. The van der Waals surface area contributed by atoms with Crippen LogP contribution in [0, 0.1) is 17.2 Å². The molecule has 106 valence electrons. The maximum absolute atomic E-state index is 12.4. The monoisotopic (exact) mass is 270 g/mol. The van der Waals surface area contributed by atoms with E-state index in [-0.39, 0.29) is 11.3 Å². The highest BCUT2D eigenvalue weighted by Gasteiger charge is 2.37. The van der Waals surface area contributed by atoms with E-state index >= 15 is 0 Å². The minimum Gasteiger partial charge on any atom is -0.318 e. The summed E-state index contributed by atoms with van der Waals surface area (Å²) in [6.45, 7) is 11.2. The third-order valence-corrected chi connectivity index (χ3v) is 3.70. The fraction of sp³-hybridized carbons (Fsp3) is 0.529. The van der Waals surface area contributed by atoms with Gasteiger partial charge in [0.2, 0.25) is 0 Å². The lowest BCUT2D eigenvalue weighted by atomic mass is 9.85. The molecule has 1 aliphatic heterocycles. The molecule has 2 rings (SSSR count). The third-order valence-electron chi connectivity index (χ3n) is 3.70. The van der Waals surface area contributed by atoms with Crippen LogP contribution in [0.4, 0.5) is 0 Å². The zero-order valence-corrected chi connectivity index (χ0v) is 12.9. The Balaban J connectivity index is 2.48. The summed E-state index contributed by atoms with van der Waals surface area (Å²) in [6.07, 6.45) is 0. The molecule has 1 heterocycles. The molecule has 0 N–H and O–H groups in total. The number of nitriles is 1. The van der Waals surface area contributed by atoms with Gasteiger partial charge in [0, 0.05) is 17.7 Å². The standard InChI is InChI=1S/C17H22N2O/c1-11(2)10-19-15(9-18)14-8-12(17(3,4)5)6-7-13(14)16(19)20/h6-8,11,15H,10H2,1-5H3. The predicted molar refractivity (Wildman–Crippen MR) is 79.4 cm³/mol. The minimum atomic E-state index is -0.442. The van der Waals surface area contributed by atoms with Crippen LogP contribution in [0.25, 0.3) is 0 Å². The number of carbonyl (C=O) groups is 1. The normalized spacial score (nSPS) is 18.4. The minimum absolute atomic E-state index is 0.0132. The van der Waals surface area contributed by atoms with Gasteiger partial charge in [0.15, 0.2) is 0 Å². The summed E-state index contributed by atoms with van der Waals surface area (Å²) >= 11 is 0. The summed E-state index contributed by atoms with van der Waals surface area (Å²) in [5.74, 6) is 0.340. The van der Waals surface area contributed by atoms with Gasteiger partial charge in [-0.15, -0.1) is 0 Å². The number of carbonyl (C=O) groups excluding carboxylic acids is 1. The molecule has 20 heavy (non-hydrogen) atoms. The molecular weight excluding hydrogens is 248 g/mol. The van der Waals surface area contributed by atoms with Gasteiger partial charge in [0.05, 0.1) is 6.07 Å². The van der Waals surface area contributed by atoms with Crippen LogP contribution in [0.3, 0.4) is 0 Å². The van der Waals surface area contributed by atoms with Crippen molar-refractivity contribution in [3.63, 3.8) is 0 Å². The Bertz CT molecular complexity index is 576. The van der Waals surface area contributed by atoms with Crippen molar-refractivity contribution in [2.45, 2.75) is 46.1 Å². The highest BCUT2D eigenvalue weighted by atomic mass is 16.2.